The number of nitrogens with one attached hydrogen (secondary N) is 1. The molecule has 1 aliphatic heterocycles. The van der Waals surface area contributed by atoms with Gasteiger partial charge < -0.3 is 5.32 Å². The van der Waals surface area contributed by atoms with Crippen LogP contribution in [0.2, 0.25) is 0 Å². The number of carbonyl (C=O) groups excluding carboxylic acids is 1. The summed E-state index contributed by atoms with van der Waals surface area (Å²) in [5.74, 6) is 0.820. The number of hydrogen-bond acceptors (Lipinski definition) is 2. The summed E-state index contributed by atoms with van der Waals surface area (Å²) < 4.78 is 0. The maximum atomic E-state index is 12.3. The number of nitrogens with zero attached hydrogens (tertiary/aromatic N) is 1. The van der Waals surface area contributed by atoms with E-state index in [0.717, 1.165) is 30.9 Å². The molecule has 1 N–H and O–H groups in total. The third-order valence-corrected chi connectivity index (χ3v) is 5.13. The lowest BCUT2D eigenvalue weighted by Gasteiger charge is -2.30. The van der Waals surface area contributed by atoms with Crippen LogP contribution in [0.15, 0.2) is 54.6 Å². The van der Waals surface area contributed by atoms with Crippen molar-refractivity contribution in [3.63, 3.8) is 0 Å². The zero-order chi connectivity index (χ0) is 18.2. The Bertz CT molecular complexity index is 681. The van der Waals surface area contributed by atoms with Crippen LogP contribution in [0.4, 0.5) is 0 Å². The highest BCUT2D eigenvalue weighted by atomic mass is 16.1. The maximum Gasteiger partial charge on any atom is 0.251 e. The molecule has 138 valence electrons. The van der Waals surface area contributed by atoms with Gasteiger partial charge in [0.15, 0.2) is 0 Å². The van der Waals surface area contributed by atoms with Crippen LogP contribution in [0.3, 0.4) is 0 Å². The van der Waals surface area contributed by atoms with Crippen LogP contribution in [0, 0.1) is 5.92 Å². The summed E-state index contributed by atoms with van der Waals surface area (Å²) >= 11 is 0. The summed E-state index contributed by atoms with van der Waals surface area (Å²) in [6, 6.07) is 18.5. The lowest BCUT2D eigenvalue weighted by atomic mass is 9.99. The molecule has 3 heteroatoms. The zero-order valence-electron chi connectivity index (χ0n) is 15.8. The first kappa shape index (κ1) is 18.7. The molecule has 0 spiro atoms. The minimum absolute atomic E-state index is 0.0243. The van der Waals surface area contributed by atoms with Crippen molar-refractivity contribution < 1.29 is 4.79 Å². The molecule has 1 saturated heterocycles. The van der Waals surface area contributed by atoms with Crippen molar-refractivity contribution in [2.24, 2.45) is 5.92 Å². The monoisotopic (exact) mass is 350 g/mol. The first-order chi connectivity index (χ1) is 12.7. The van der Waals surface area contributed by atoms with Gasteiger partial charge in [-0.05, 0) is 61.4 Å². The molecule has 1 fully saturated rings. The van der Waals surface area contributed by atoms with Crippen molar-refractivity contribution in [1.82, 2.24) is 10.2 Å². The minimum Gasteiger partial charge on any atom is -0.352 e. The van der Waals surface area contributed by atoms with E-state index in [2.05, 4.69) is 53.5 Å². The van der Waals surface area contributed by atoms with Gasteiger partial charge in [0.05, 0.1) is 0 Å². The normalized spacial score (nSPS) is 17.8. The van der Waals surface area contributed by atoms with Gasteiger partial charge in [0, 0.05) is 25.2 Å². The van der Waals surface area contributed by atoms with Crippen LogP contribution in [0.1, 0.15) is 47.7 Å². The van der Waals surface area contributed by atoms with Gasteiger partial charge in [-0.2, -0.15) is 0 Å². The van der Waals surface area contributed by atoms with Gasteiger partial charge in [-0.25, -0.2) is 0 Å². The highest BCUT2D eigenvalue weighted by Crippen LogP contribution is 2.18. The summed E-state index contributed by atoms with van der Waals surface area (Å²) in [7, 11) is 0. The third kappa shape index (κ3) is 5.70. The molecule has 26 heavy (non-hydrogen) atoms. The lowest BCUT2D eigenvalue weighted by molar-refractivity contribution is 0.0953. The predicted molar refractivity (Wildman–Crippen MR) is 107 cm³/mol. The van der Waals surface area contributed by atoms with E-state index >= 15 is 0 Å². The van der Waals surface area contributed by atoms with Crippen LogP contribution in [0.25, 0.3) is 0 Å². The van der Waals surface area contributed by atoms with Gasteiger partial charge in [0.1, 0.15) is 0 Å². The molecular formula is C23H30N2O. The molecule has 0 radical (unpaired) electrons. The molecule has 0 aromatic heterocycles. The number of piperidine rings is 1. The molecule has 0 saturated carbocycles. The minimum atomic E-state index is 0.0243. The van der Waals surface area contributed by atoms with Crippen molar-refractivity contribution in [3.8, 4) is 0 Å². The zero-order valence-corrected chi connectivity index (χ0v) is 15.8. The Morgan fingerprint density at radius 2 is 1.85 bits per heavy atom. The van der Waals surface area contributed by atoms with Gasteiger partial charge in [0.2, 0.25) is 0 Å². The summed E-state index contributed by atoms with van der Waals surface area (Å²) in [6.45, 7) is 6.40. The van der Waals surface area contributed by atoms with E-state index in [1.165, 1.54) is 37.1 Å². The summed E-state index contributed by atoms with van der Waals surface area (Å²) in [5.41, 5.74) is 3.36. The average Bonchev–Trinajstić information content (AvgIpc) is 2.66. The van der Waals surface area contributed by atoms with Gasteiger partial charge in [0.25, 0.3) is 5.91 Å². The Morgan fingerprint density at radius 3 is 2.58 bits per heavy atom. The average molecular weight is 351 g/mol. The number of rotatable bonds is 7. The summed E-state index contributed by atoms with van der Waals surface area (Å²) in [6.07, 6.45) is 4.60. The largest absolute Gasteiger partial charge is 0.352 e. The second-order valence-corrected chi connectivity index (χ2v) is 7.52. The highest BCUT2D eigenvalue weighted by Gasteiger charge is 2.16. The lowest BCUT2D eigenvalue weighted by Crippen LogP contribution is -2.33. The van der Waals surface area contributed by atoms with E-state index in [-0.39, 0.29) is 5.91 Å². The Balaban J connectivity index is 1.41. The number of carbonyl (C=O) groups is 1. The first-order valence-corrected chi connectivity index (χ1v) is 9.84. The van der Waals surface area contributed by atoms with Crippen LogP contribution in [-0.2, 0) is 13.0 Å². The van der Waals surface area contributed by atoms with Gasteiger partial charge >= 0.3 is 0 Å². The highest BCUT2D eigenvalue weighted by molar-refractivity contribution is 5.94. The molecule has 1 atom stereocenters. The fraction of sp³-hybridized carbons (Fsp3) is 0.435. The third-order valence-electron chi connectivity index (χ3n) is 5.13. The van der Waals surface area contributed by atoms with Crippen molar-refractivity contribution in [2.45, 2.75) is 39.2 Å². The number of amides is 1. The number of likely N-dealkylation sites (tertiary alicyclic amines) is 1. The number of aryl methyl sites for hydroxylation is 1. The molecule has 1 aliphatic rings. The standard InChI is InChI=1S/C23H30N2O/c1-19-7-6-16-25(17-19)18-21-11-13-22(14-12-21)23(26)24-15-5-10-20-8-3-2-4-9-20/h2-4,8-9,11-14,19H,5-7,10,15-18H2,1H3,(H,24,26). The maximum absolute atomic E-state index is 12.3. The molecule has 1 heterocycles. The Kier molecular flexibility index (Phi) is 6.84. The summed E-state index contributed by atoms with van der Waals surface area (Å²) in [4.78, 5) is 14.8. The molecule has 0 aliphatic carbocycles. The smallest absolute Gasteiger partial charge is 0.251 e. The van der Waals surface area contributed by atoms with E-state index in [0.29, 0.717) is 6.54 Å². The van der Waals surface area contributed by atoms with Crippen LogP contribution < -0.4 is 5.32 Å². The van der Waals surface area contributed by atoms with Crippen LogP contribution in [0.5, 0.6) is 0 Å². The molecule has 2 aromatic carbocycles. The van der Waals surface area contributed by atoms with Crippen molar-refractivity contribution >= 4 is 5.91 Å². The van der Waals surface area contributed by atoms with Gasteiger partial charge in [-0.3, -0.25) is 9.69 Å². The van der Waals surface area contributed by atoms with Gasteiger partial charge in [-0.1, -0.05) is 49.4 Å². The Hall–Kier alpha value is -2.13. The van der Waals surface area contributed by atoms with E-state index in [4.69, 9.17) is 0 Å². The second-order valence-electron chi connectivity index (χ2n) is 7.52. The van der Waals surface area contributed by atoms with Crippen molar-refractivity contribution in [3.05, 3.63) is 71.3 Å². The van der Waals surface area contributed by atoms with Crippen LogP contribution in [-0.4, -0.2) is 30.4 Å². The number of hydrogen-bond donors (Lipinski definition) is 1. The molecule has 0 bridgehead atoms. The molecule has 3 nitrogen and oxygen atoms in total. The quantitative estimate of drug-likeness (QED) is 0.756. The fourth-order valence-corrected chi connectivity index (χ4v) is 3.69. The van der Waals surface area contributed by atoms with E-state index < -0.39 is 0 Å². The topological polar surface area (TPSA) is 32.3 Å². The molecule has 1 amide bonds. The molecule has 1 unspecified atom stereocenters. The van der Waals surface area contributed by atoms with Crippen molar-refractivity contribution in [2.75, 3.05) is 19.6 Å². The molecular weight excluding hydrogens is 320 g/mol. The van der Waals surface area contributed by atoms with E-state index in [1.54, 1.807) is 0 Å². The van der Waals surface area contributed by atoms with E-state index in [1.807, 2.05) is 18.2 Å². The van der Waals surface area contributed by atoms with E-state index in [9.17, 15) is 4.79 Å². The van der Waals surface area contributed by atoms with Gasteiger partial charge in [-0.15, -0.1) is 0 Å². The Morgan fingerprint density at radius 1 is 1.08 bits per heavy atom. The predicted octanol–water partition coefficient (Wildman–Crippen LogP) is 4.28. The molecule has 2 aromatic rings. The van der Waals surface area contributed by atoms with Crippen molar-refractivity contribution in [1.29, 1.82) is 0 Å². The first-order valence-electron chi connectivity index (χ1n) is 9.84. The second kappa shape index (κ2) is 9.54. The Labute approximate surface area is 157 Å². The van der Waals surface area contributed by atoms with Crippen LogP contribution >= 0.6 is 0 Å². The summed E-state index contributed by atoms with van der Waals surface area (Å²) in [5, 5.41) is 3.03. The SMILES string of the molecule is CC1CCCN(Cc2ccc(C(=O)NCCCc3ccccc3)cc2)C1. The fourth-order valence-electron chi connectivity index (χ4n) is 3.69. The number of benzene rings is 2. The molecule has 3 rings (SSSR count).